The summed E-state index contributed by atoms with van der Waals surface area (Å²) >= 11 is 0. The van der Waals surface area contributed by atoms with Gasteiger partial charge in [0.05, 0.1) is 0 Å². The van der Waals surface area contributed by atoms with Gasteiger partial charge in [0.1, 0.15) is 6.04 Å². The van der Waals surface area contributed by atoms with E-state index in [0.29, 0.717) is 19.4 Å². The number of nitrogens with two attached hydrogens (primary N) is 1. The minimum Gasteiger partial charge on any atom is -0.480 e. The van der Waals surface area contributed by atoms with Gasteiger partial charge in [-0.3, -0.25) is 4.79 Å². The largest absolute Gasteiger partial charge is 0.480 e. The van der Waals surface area contributed by atoms with Gasteiger partial charge in [-0.25, -0.2) is 9.59 Å². The Morgan fingerprint density at radius 2 is 1.59 bits per heavy atom. The first-order valence-electron chi connectivity index (χ1n) is 10.2. The fourth-order valence-corrected chi connectivity index (χ4v) is 2.68. The Morgan fingerprint density at radius 1 is 0.963 bits per heavy atom. The number of urea groups is 1. The van der Waals surface area contributed by atoms with Crippen LogP contribution in [0.4, 0.5) is 4.79 Å². The monoisotopic (exact) mass is 383 g/mol. The van der Waals surface area contributed by atoms with E-state index in [4.69, 9.17) is 10.8 Å². The molecule has 0 saturated carbocycles. The van der Waals surface area contributed by atoms with Crippen molar-refractivity contribution >= 4 is 17.9 Å². The molecule has 0 fully saturated rings. The number of rotatable bonds is 17. The van der Waals surface area contributed by atoms with Crippen LogP contribution in [0.15, 0.2) is 12.2 Å². The van der Waals surface area contributed by atoms with Gasteiger partial charge in [0.2, 0.25) is 5.91 Å². The smallest absolute Gasteiger partial charge is 0.326 e. The van der Waals surface area contributed by atoms with Crippen LogP contribution < -0.4 is 16.4 Å². The molecule has 0 aromatic carbocycles. The molecule has 0 unspecified atom stereocenters. The summed E-state index contributed by atoms with van der Waals surface area (Å²) in [4.78, 5) is 33.6. The van der Waals surface area contributed by atoms with E-state index in [-0.39, 0.29) is 12.3 Å². The van der Waals surface area contributed by atoms with Crippen LogP contribution in [0.5, 0.6) is 0 Å². The lowest BCUT2D eigenvalue weighted by molar-refractivity contribution is -0.142. The molecule has 5 N–H and O–H groups in total. The maximum atomic E-state index is 11.9. The fourth-order valence-electron chi connectivity index (χ4n) is 2.68. The van der Waals surface area contributed by atoms with Crippen molar-refractivity contribution in [2.75, 3.05) is 6.54 Å². The molecule has 0 bridgehead atoms. The molecule has 3 amide bonds. The predicted molar refractivity (Wildman–Crippen MR) is 107 cm³/mol. The summed E-state index contributed by atoms with van der Waals surface area (Å²) in [6, 6.07) is -1.56. The Kier molecular flexibility index (Phi) is 16.0. The molecular weight excluding hydrogens is 346 g/mol. The Labute approximate surface area is 163 Å². The van der Waals surface area contributed by atoms with Gasteiger partial charge in [-0.2, -0.15) is 0 Å². The average molecular weight is 384 g/mol. The lowest BCUT2D eigenvalue weighted by Crippen LogP contribution is -2.41. The quantitative estimate of drug-likeness (QED) is 0.227. The number of carboxylic acid groups (broad SMARTS) is 1. The van der Waals surface area contributed by atoms with Gasteiger partial charge in [0.15, 0.2) is 0 Å². The lowest BCUT2D eigenvalue weighted by atomic mass is 10.1. The second-order valence-electron chi connectivity index (χ2n) is 6.81. The van der Waals surface area contributed by atoms with Crippen LogP contribution in [0.1, 0.15) is 84.0 Å². The molecule has 0 radical (unpaired) electrons. The highest BCUT2D eigenvalue weighted by molar-refractivity contribution is 5.83. The molecular formula is C20H37N3O4. The third kappa shape index (κ3) is 17.1. The Morgan fingerprint density at radius 3 is 2.22 bits per heavy atom. The number of carbonyl (C=O) groups excluding carboxylic acids is 2. The number of allylic oxidation sites excluding steroid dienone is 2. The summed E-state index contributed by atoms with van der Waals surface area (Å²) in [6.45, 7) is 2.49. The number of nitrogens with one attached hydrogen (secondary N) is 2. The minimum atomic E-state index is -1.06. The average Bonchev–Trinajstić information content (AvgIpc) is 2.61. The van der Waals surface area contributed by atoms with E-state index in [9.17, 15) is 14.4 Å². The van der Waals surface area contributed by atoms with E-state index in [2.05, 4.69) is 29.7 Å². The molecule has 7 heteroatoms. The maximum Gasteiger partial charge on any atom is 0.326 e. The maximum absolute atomic E-state index is 11.9. The van der Waals surface area contributed by atoms with Gasteiger partial charge in [-0.15, -0.1) is 0 Å². The van der Waals surface area contributed by atoms with Gasteiger partial charge in [-0.1, -0.05) is 51.2 Å². The van der Waals surface area contributed by atoms with E-state index in [1.807, 2.05) is 0 Å². The number of aliphatic carboxylic acids is 1. The van der Waals surface area contributed by atoms with Crippen LogP contribution in [0.3, 0.4) is 0 Å². The van der Waals surface area contributed by atoms with E-state index in [1.54, 1.807) is 0 Å². The van der Waals surface area contributed by atoms with E-state index in [1.165, 1.54) is 25.7 Å². The molecule has 27 heavy (non-hydrogen) atoms. The van der Waals surface area contributed by atoms with Crippen LogP contribution in [0.2, 0.25) is 0 Å². The topological polar surface area (TPSA) is 122 Å². The molecule has 0 rings (SSSR count). The number of unbranched alkanes of at least 4 members (excludes halogenated alkanes) is 7. The molecule has 0 spiro atoms. The van der Waals surface area contributed by atoms with Crippen molar-refractivity contribution in [3.8, 4) is 0 Å². The first-order valence-corrected chi connectivity index (χ1v) is 10.2. The minimum absolute atomic E-state index is 0.232. The predicted octanol–water partition coefficient (Wildman–Crippen LogP) is 3.48. The van der Waals surface area contributed by atoms with Crippen molar-refractivity contribution in [3.05, 3.63) is 12.2 Å². The van der Waals surface area contributed by atoms with Crippen molar-refractivity contribution in [1.82, 2.24) is 10.6 Å². The van der Waals surface area contributed by atoms with Crippen molar-refractivity contribution in [1.29, 1.82) is 0 Å². The summed E-state index contributed by atoms with van der Waals surface area (Å²) in [6.07, 6.45) is 15.5. The number of primary amides is 1. The first-order chi connectivity index (χ1) is 13.0. The Balaban J connectivity index is 3.70. The molecule has 7 nitrogen and oxygen atoms in total. The Hall–Kier alpha value is -2.05. The standard InChI is InChI=1S/C20H37N3O4/c1-2-3-4-5-6-7-8-9-10-11-12-15-18(24)23-17(19(25)26)14-13-16-22-20(21)27/h5-6,17H,2-4,7-16H2,1H3,(H,23,24)(H,25,26)(H3,21,22,27)/b6-5-/t17-/m0/s1. The Bertz CT molecular complexity index is 453. The molecule has 0 aromatic rings. The third-order valence-corrected chi connectivity index (χ3v) is 4.27. The highest BCUT2D eigenvalue weighted by atomic mass is 16.4. The van der Waals surface area contributed by atoms with Crippen LogP contribution >= 0.6 is 0 Å². The molecule has 0 aliphatic rings. The summed E-state index contributed by atoms with van der Waals surface area (Å²) in [7, 11) is 0. The van der Waals surface area contributed by atoms with Gasteiger partial charge < -0.3 is 21.5 Å². The third-order valence-electron chi connectivity index (χ3n) is 4.27. The lowest BCUT2D eigenvalue weighted by Gasteiger charge is -2.14. The highest BCUT2D eigenvalue weighted by Crippen LogP contribution is 2.08. The molecule has 0 heterocycles. The van der Waals surface area contributed by atoms with E-state index in [0.717, 1.165) is 32.1 Å². The van der Waals surface area contributed by atoms with Gasteiger partial charge in [0.25, 0.3) is 0 Å². The van der Waals surface area contributed by atoms with Crippen molar-refractivity contribution in [2.24, 2.45) is 5.73 Å². The van der Waals surface area contributed by atoms with Gasteiger partial charge in [0, 0.05) is 13.0 Å². The van der Waals surface area contributed by atoms with Crippen molar-refractivity contribution in [2.45, 2.75) is 90.0 Å². The SMILES string of the molecule is CCCC/C=C\CCCCCCCC(=O)N[C@@H](CCCNC(N)=O)C(=O)O. The zero-order valence-corrected chi connectivity index (χ0v) is 16.7. The molecule has 156 valence electrons. The van der Waals surface area contributed by atoms with Crippen LogP contribution in [-0.4, -0.2) is 35.6 Å². The molecule has 1 atom stereocenters. The van der Waals surface area contributed by atoms with Crippen LogP contribution in [0.25, 0.3) is 0 Å². The second-order valence-corrected chi connectivity index (χ2v) is 6.81. The van der Waals surface area contributed by atoms with Gasteiger partial charge >= 0.3 is 12.0 Å². The number of carboxylic acids is 1. The summed E-state index contributed by atoms with van der Waals surface area (Å²) in [5.41, 5.74) is 4.94. The molecule has 0 saturated heterocycles. The number of carbonyl (C=O) groups is 3. The van der Waals surface area contributed by atoms with E-state index >= 15 is 0 Å². The zero-order chi connectivity index (χ0) is 20.3. The summed E-state index contributed by atoms with van der Waals surface area (Å²) in [5.74, 6) is -1.29. The van der Waals surface area contributed by atoms with Crippen LogP contribution in [0, 0.1) is 0 Å². The summed E-state index contributed by atoms with van der Waals surface area (Å²) < 4.78 is 0. The van der Waals surface area contributed by atoms with Crippen molar-refractivity contribution < 1.29 is 19.5 Å². The first kappa shape index (κ1) is 24.9. The number of amides is 3. The number of hydrogen-bond acceptors (Lipinski definition) is 3. The van der Waals surface area contributed by atoms with Crippen molar-refractivity contribution in [3.63, 3.8) is 0 Å². The normalized spacial score (nSPS) is 12.0. The van der Waals surface area contributed by atoms with E-state index < -0.39 is 18.0 Å². The molecule has 0 aliphatic carbocycles. The zero-order valence-electron chi connectivity index (χ0n) is 16.7. The number of hydrogen-bond donors (Lipinski definition) is 4. The fraction of sp³-hybridized carbons (Fsp3) is 0.750. The summed E-state index contributed by atoms with van der Waals surface area (Å²) in [5, 5.41) is 14.1. The molecule has 0 aliphatic heterocycles. The highest BCUT2D eigenvalue weighted by Gasteiger charge is 2.19. The second kappa shape index (κ2) is 17.4. The molecule has 0 aromatic heterocycles. The van der Waals surface area contributed by atoms with Crippen LogP contribution in [-0.2, 0) is 9.59 Å². The van der Waals surface area contributed by atoms with Gasteiger partial charge in [-0.05, 0) is 38.5 Å².